The fourth-order valence-electron chi connectivity index (χ4n) is 4.39. The Labute approximate surface area is 179 Å². The number of aryl methyl sites for hydroxylation is 1. The van der Waals surface area contributed by atoms with Gasteiger partial charge >= 0.3 is 0 Å². The third-order valence-electron chi connectivity index (χ3n) is 6.27. The van der Waals surface area contributed by atoms with E-state index >= 15 is 0 Å². The molecule has 2 aromatic carbocycles. The smallest absolute Gasteiger partial charge is 0.160 e. The van der Waals surface area contributed by atoms with Crippen molar-refractivity contribution < 1.29 is 0 Å². The molecule has 1 aliphatic rings. The van der Waals surface area contributed by atoms with Gasteiger partial charge in [-0.25, -0.2) is 19.9 Å². The SMILES string of the molecule is Cc1nc(-c2ccccc2)nc2cc(-c3nc(C4CCC4)n4ccnc(N)c34)ccc12. The first-order valence-electron chi connectivity index (χ1n) is 10.7. The van der Waals surface area contributed by atoms with Crippen molar-refractivity contribution in [1.82, 2.24) is 24.3 Å². The van der Waals surface area contributed by atoms with Gasteiger partial charge in [-0.05, 0) is 25.8 Å². The second-order valence-corrected chi connectivity index (χ2v) is 8.21. The van der Waals surface area contributed by atoms with Gasteiger partial charge in [0, 0.05) is 40.5 Å². The summed E-state index contributed by atoms with van der Waals surface area (Å²) in [6.45, 7) is 2.03. The van der Waals surface area contributed by atoms with Crippen LogP contribution in [0, 0.1) is 6.92 Å². The molecule has 3 aromatic heterocycles. The monoisotopic (exact) mass is 406 g/mol. The summed E-state index contributed by atoms with van der Waals surface area (Å²) >= 11 is 0. The molecule has 2 N–H and O–H groups in total. The van der Waals surface area contributed by atoms with E-state index in [4.69, 9.17) is 20.7 Å². The number of fused-ring (bicyclic) bond motifs is 2. The van der Waals surface area contributed by atoms with Gasteiger partial charge in [-0.15, -0.1) is 0 Å². The number of hydrogen-bond acceptors (Lipinski definition) is 5. The Hall–Kier alpha value is -3.80. The first-order valence-corrected chi connectivity index (χ1v) is 10.7. The molecule has 0 amide bonds. The van der Waals surface area contributed by atoms with E-state index in [1.807, 2.05) is 43.5 Å². The fourth-order valence-corrected chi connectivity index (χ4v) is 4.39. The molecule has 0 radical (unpaired) electrons. The molecule has 6 heteroatoms. The molecule has 31 heavy (non-hydrogen) atoms. The van der Waals surface area contributed by atoms with Crippen LogP contribution >= 0.6 is 0 Å². The van der Waals surface area contributed by atoms with Gasteiger partial charge in [0.2, 0.25) is 0 Å². The molecule has 6 rings (SSSR count). The lowest BCUT2D eigenvalue weighted by molar-refractivity contribution is 0.400. The maximum Gasteiger partial charge on any atom is 0.160 e. The van der Waals surface area contributed by atoms with E-state index in [-0.39, 0.29) is 0 Å². The Morgan fingerprint density at radius 1 is 0.968 bits per heavy atom. The number of hydrogen-bond donors (Lipinski definition) is 1. The maximum absolute atomic E-state index is 6.31. The average molecular weight is 406 g/mol. The topological polar surface area (TPSA) is 82.0 Å². The predicted molar refractivity (Wildman–Crippen MR) is 123 cm³/mol. The first kappa shape index (κ1) is 18.0. The molecule has 3 heterocycles. The molecule has 0 aliphatic heterocycles. The second kappa shape index (κ2) is 6.87. The maximum atomic E-state index is 6.31. The molecular formula is C25H22N6. The van der Waals surface area contributed by atoms with Crippen LogP contribution in [0.25, 0.3) is 39.1 Å². The van der Waals surface area contributed by atoms with Crippen LogP contribution in [0.3, 0.4) is 0 Å². The number of benzene rings is 2. The van der Waals surface area contributed by atoms with Crippen LogP contribution < -0.4 is 5.73 Å². The highest BCUT2D eigenvalue weighted by molar-refractivity contribution is 5.91. The molecular weight excluding hydrogens is 384 g/mol. The number of aromatic nitrogens is 5. The van der Waals surface area contributed by atoms with Crippen molar-refractivity contribution >= 4 is 22.2 Å². The molecule has 0 saturated heterocycles. The Bertz CT molecular complexity index is 1430. The average Bonchev–Trinajstić information content (AvgIpc) is 3.13. The Balaban J connectivity index is 1.56. The van der Waals surface area contributed by atoms with Crippen LogP contribution in [0.5, 0.6) is 0 Å². The minimum Gasteiger partial charge on any atom is -0.382 e. The van der Waals surface area contributed by atoms with E-state index in [2.05, 4.69) is 27.6 Å². The molecule has 0 unspecified atom stereocenters. The third kappa shape index (κ3) is 2.86. The van der Waals surface area contributed by atoms with Crippen molar-refractivity contribution in [2.75, 3.05) is 5.73 Å². The lowest BCUT2D eigenvalue weighted by Gasteiger charge is -2.23. The zero-order chi connectivity index (χ0) is 20.9. The van der Waals surface area contributed by atoms with E-state index in [0.717, 1.165) is 50.6 Å². The predicted octanol–water partition coefficient (Wildman–Crippen LogP) is 5.16. The van der Waals surface area contributed by atoms with Crippen molar-refractivity contribution in [3.8, 4) is 22.6 Å². The van der Waals surface area contributed by atoms with Crippen molar-refractivity contribution in [3.63, 3.8) is 0 Å². The lowest BCUT2D eigenvalue weighted by Crippen LogP contribution is -2.12. The highest BCUT2D eigenvalue weighted by atomic mass is 15.1. The zero-order valence-electron chi connectivity index (χ0n) is 17.3. The molecule has 1 saturated carbocycles. The summed E-state index contributed by atoms with van der Waals surface area (Å²) in [4.78, 5) is 19.0. The van der Waals surface area contributed by atoms with Crippen LogP contribution in [0.15, 0.2) is 60.9 Å². The van der Waals surface area contributed by atoms with Gasteiger partial charge in [-0.3, -0.25) is 4.40 Å². The van der Waals surface area contributed by atoms with Crippen LogP contribution in [0.2, 0.25) is 0 Å². The Morgan fingerprint density at radius 3 is 2.58 bits per heavy atom. The largest absolute Gasteiger partial charge is 0.382 e. The van der Waals surface area contributed by atoms with E-state index in [9.17, 15) is 0 Å². The van der Waals surface area contributed by atoms with E-state index in [1.54, 1.807) is 6.20 Å². The molecule has 152 valence electrons. The van der Waals surface area contributed by atoms with E-state index in [1.165, 1.54) is 19.3 Å². The molecule has 0 atom stereocenters. The molecule has 6 nitrogen and oxygen atoms in total. The summed E-state index contributed by atoms with van der Waals surface area (Å²) in [6.07, 6.45) is 7.32. The Kier molecular flexibility index (Phi) is 3.99. The number of nitrogens with two attached hydrogens (primary N) is 1. The van der Waals surface area contributed by atoms with Gasteiger partial charge in [-0.2, -0.15) is 0 Å². The molecule has 1 aliphatic carbocycles. The van der Waals surface area contributed by atoms with Crippen LogP contribution in [-0.4, -0.2) is 24.3 Å². The fraction of sp³-hybridized carbons (Fsp3) is 0.200. The van der Waals surface area contributed by atoms with Gasteiger partial charge in [0.15, 0.2) is 5.82 Å². The summed E-state index contributed by atoms with van der Waals surface area (Å²) in [7, 11) is 0. The van der Waals surface area contributed by atoms with Crippen molar-refractivity contribution in [1.29, 1.82) is 0 Å². The minimum absolute atomic E-state index is 0.484. The summed E-state index contributed by atoms with van der Waals surface area (Å²) in [6, 6.07) is 16.3. The highest BCUT2D eigenvalue weighted by Crippen LogP contribution is 2.39. The van der Waals surface area contributed by atoms with Crippen molar-refractivity contribution in [2.24, 2.45) is 0 Å². The van der Waals surface area contributed by atoms with Gasteiger partial charge in [0.05, 0.1) is 5.52 Å². The van der Waals surface area contributed by atoms with Crippen LogP contribution in [-0.2, 0) is 0 Å². The van der Waals surface area contributed by atoms with Gasteiger partial charge < -0.3 is 5.73 Å². The van der Waals surface area contributed by atoms with Gasteiger partial charge in [0.1, 0.15) is 22.9 Å². The van der Waals surface area contributed by atoms with E-state index in [0.29, 0.717) is 11.7 Å². The standard InChI is InChI=1S/C25H22N6/c1-15-19-11-10-18(14-20(19)29-24(28-15)16-6-3-2-4-7-16)21-22-23(26)27-12-13-31(22)25(30-21)17-8-5-9-17/h2-4,6-7,10-14,17H,5,8-9H2,1H3,(H2,26,27). The zero-order valence-corrected chi connectivity index (χ0v) is 17.3. The van der Waals surface area contributed by atoms with Gasteiger partial charge in [-0.1, -0.05) is 48.9 Å². The number of rotatable bonds is 3. The van der Waals surface area contributed by atoms with Crippen LogP contribution in [0.1, 0.15) is 36.7 Å². The second-order valence-electron chi connectivity index (χ2n) is 8.21. The van der Waals surface area contributed by atoms with E-state index < -0.39 is 0 Å². The minimum atomic E-state index is 0.484. The summed E-state index contributed by atoms with van der Waals surface area (Å²) in [5.74, 6) is 2.79. The first-order chi connectivity index (χ1) is 15.2. The van der Waals surface area contributed by atoms with Crippen molar-refractivity contribution in [2.45, 2.75) is 32.1 Å². The van der Waals surface area contributed by atoms with Gasteiger partial charge in [0.25, 0.3) is 0 Å². The summed E-state index contributed by atoms with van der Waals surface area (Å²) < 4.78 is 2.12. The molecule has 0 bridgehead atoms. The quantitative estimate of drug-likeness (QED) is 0.447. The highest BCUT2D eigenvalue weighted by Gasteiger charge is 2.27. The third-order valence-corrected chi connectivity index (χ3v) is 6.27. The number of imidazole rings is 1. The lowest BCUT2D eigenvalue weighted by atomic mass is 9.85. The van der Waals surface area contributed by atoms with Crippen molar-refractivity contribution in [3.05, 3.63) is 72.4 Å². The molecule has 0 spiro atoms. The normalized spacial score (nSPS) is 14.2. The Morgan fingerprint density at radius 2 is 1.81 bits per heavy atom. The molecule has 5 aromatic rings. The summed E-state index contributed by atoms with van der Waals surface area (Å²) in [5, 5.41) is 1.04. The van der Waals surface area contributed by atoms with Crippen LogP contribution in [0.4, 0.5) is 5.82 Å². The number of anilines is 1. The molecule has 1 fully saturated rings. The summed E-state index contributed by atoms with van der Waals surface area (Å²) in [5.41, 5.74) is 11.9. The number of nitrogen functional groups attached to an aromatic ring is 1. The number of nitrogens with zero attached hydrogens (tertiary/aromatic N) is 5.